The van der Waals surface area contributed by atoms with Gasteiger partial charge in [0.15, 0.2) is 0 Å². The largest absolute Gasteiger partial charge is 0.373 e. The van der Waals surface area contributed by atoms with Crippen molar-refractivity contribution in [1.82, 2.24) is 9.97 Å². The molecule has 104 valence electrons. The Morgan fingerprint density at radius 3 is 2.55 bits per heavy atom. The average molecular weight is 289 g/mol. The molecule has 20 heavy (non-hydrogen) atoms. The summed E-state index contributed by atoms with van der Waals surface area (Å²) in [5, 5.41) is 6.41. The number of nitrogens with two attached hydrogens (primary N) is 1. The van der Waals surface area contributed by atoms with Gasteiger partial charge in [-0.2, -0.15) is 4.98 Å². The van der Waals surface area contributed by atoms with E-state index < -0.39 is 0 Å². The Labute approximate surface area is 121 Å². The Morgan fingerprint density at radius 2 is 1.95 bits per heavy atom. The number of benzene rings is 1. The molecule has 0 atom stereocenters. The van der Waals surface area contributed by atoms with E-state index in [4.69, 9.17) is 5.73 Å². The molecular formula is C13H15N5OS. The van der Waals surface area contributed by atoms with Crippen molar-refractivity contribution < 1.29 is 4.79 Å². The Kier molecular flexibility index (Phi) is 4.41. The molecule has 4 N–H and O–H groups in total. The SMILES string of the molecule is CNc1cc(Sc2ccc(NC(C)=O)cc2)nc(N)n1. The first-order valence-corrected chi connectivity index (χ1v) is 6.76. The van der Waals surface area contributed by atoms with Crippen molar-refractivity contribution in [2.45, 2.75) is 16.8 Å². The fraction of sp³-hybridized carbons (Fsp3) is 0.154. The van der Waals surface area contributed by atoms with Crippen LogP contribution in [-0.2, 0) is 4.79 Å². The van der Waals surface area contributed by atoms with Crippen LogP contribution in [0, 0.1) is 0 Å². The summed E-state index contributed by atoms with van der Waals surface area (Å²) in [4.78, 5) is 20.1. The summed E-state index contributed by atoms with van der Waals surface area (Å²) in [5.41, 5.74) is 6.41. The predicted molar refractivity (Wildman–Crippen MR) is 80.9 cm³/mol. The number of amides is 1. The van der Waals surface area contributed by atoms with Crippen molar-refractivity contribution >= 4 is 35.1 Å². The van der Waals surface area contributed by atoms with Crippen LogP contribution in [0.1, 0.15) is 6.92 Å². The van der Waals surface area contributed by atoms with E-state index in [1.807, 2.05) is 30.3 Å². The van der Waals surface area contributed by atoms with Gasteiger partial charge in [-0.05, 0) is 24.3 Å². The van der Waals surface area contributed by atoms with E-state index in [9.17, 15) is 4.79 Å². The first-order valence-electron chi connectivity index (χ1n) is 5.94. The van der Waals surface area contributed by atoms with Crippen molar-refractivity contribution in [3.8, 4) is 0 Å². The van der Waals surface area contributed by atoms with Gasteiger partial charge in [-0.1, -0.05) is 11.8 Å². The molecule has 6 nitrogen and oxygen atoms in total. The maximum atomic E-state index is 10.9. The number of rotatable bonds is 4. The zero-order valence-electron chi connectivity index (χ0n) is 11.2. The number of carbonyl (C=O) groups excluding carboxylic acids is 1. The summed E-state index contributed by atoms with van der Waals surface area (Å²) in [6.45, 7) is 1.48. The van der Waals surface area contributed by atoms with E-state index in [-0.39, 0.29) is 11.9 Å². The molecule has 2 rings (SSSR count). The lowest BCUT2D eigenvalue weighted by Gasteiger charge is -2.06. The van der Waals surface area contributed by atoms with E-state index in [1.165, 1.54) is 18.7 Å². The van der Waals surface area contributed by atoms with E-state index >= 15 is 0 Å². The van der Waals surface area contributed by atoms with Gasteiger partial charge in [0.2, 0.25) is 11.9 Å². The molecule has 0 radical (unpaired) electrons. The third-order valence-electron chi connectivity index (χ3n) is 2.37. The van der Waals surface area contributed by atoms with Crippen molar-refractivity contribution in [3.63, 3.8) is 0 Å². The molecule has 0 saturated carbocycles. The molecule has 0 fully saturated rings. The van der Waals surface area contributed by atoms with Gasteiger partial charge in [0.25, 0.3) is 0 Å². The van der Waals surface area contributed by atoms with Crippen LogP contribution in [0.25, 0.3) is 0 Å². The van der Waals surface area contributed by atoms with Gasteiger partial charge in [0.05, 0.1) is 0 Å². The van der Waals surface area contributed by atoms with Gasteiger partial charge in [-0.3, -0.25) is 4.79 Å². The first-order chi connectivity index (χ1) is 9.56. The summed E-state index contributed by atoms with van der Waals surface area (Å²) in [6, 6.07) is 9.32. The van der Waals surface area contributed by atoms with Crippen LogP contribution in [0.3, 0.4) is 0 Å². The lowest BCUT2D eigenvalue weighted by atomic mass is 10.3. The molecule has 7 heteroatoms. The minimum atomic E-state index is -0.0901. The van der Waals surface area contributed by atoms with Crippen molar-refractivity contribution in [3.05, 3.63) is 30.3 Å². The Hall–Kier alpha value is -2.28. The number of hydrogen-bond acceptors (Lipinski definition) is 6. The Bertz CT molecular complexity index is 615. The first kappa shape index (κ1) is 14.1. The van der Waals surface area contributed by atoms with Crippen LogP contribution < -0.4 is 16.4 Å². The van der Waals surface area contributed by atoms with Crippen LogP contribution in [-0.4, -0.2) is 22.9 Å². The van der Waals surface area contributed by atoms with Crippen molar-refractivity contribution in [2.24, 2.45) is 0 Å². The van der Waals surface area contributed by atoms with E-state index in [0.717, 1.165) is 15.6 Å². The lowest BCUT2D eigenvalue weighted by molar-refractivity contribution is -0.114. The zero-order valence-corrected chi connectivity index (χ0v) is 12.0. The summed E-state index contributed by atoms with van der Waals surface area (Å²) in [6.07, 6.45) is 0. The normalized spacial score (nSPS) is 10.1. The molecule has 0 aliphatic carbocycles. The van der Waals surface area contributed by atoms with Crippen LogP contribution in [0.4, 0.5) is 17.5 Å². The van der Waals surface area contributed by atoms with E-state index in [2.05, 4.69) is 20.6 Å². The molecule has 1 aromatic carbocycles. The van der Waals surface area contributed by atoms with Gasteiger partial charge in [0, 0.05) is 30.6 Å². The number of anilines is 3. The van der Waals surface area contributed by atoms with Crippen LogP contribution >= 0.6 is 11.8 Å². The second-order valence-corrected chi connectivity index (χ2v) is 5.10. The zero-order chi connectivity index (χ0) is 14.5. The summed E-state index contributed by atoms with van der Waals surface area (Å²) in [7, 11) is 1.78. The molecule has 0 spiro atoms. The maximum absolute atomic E-state index is 10.9. The minimum Gasteiger partial charge on any atom is -0.373 e. The smallest absolute Gasteiger partial charge is 0.223 e. The van der Waals surface area contributed by atoms with Gasteiger partial charge < -0.3 is 16.4 Å². The quantitative estimate of drug-likeness (QED) is 0.747. The highest BCUT2D eigenvalue weighted by Gasteiger charge is 2.04. The minimum absolute atomic E-state index is 0.0901. The molecule has 1 aromatic heterocycles. The predicted octanol–water partition coefficient (Wildman–Crippen LogP) is 2.21. The van der Waals surface area contributed by atoms with Crippen LogP contribution in [0.2, 0.25) is 0 Å². The lowest BCUT2D eigenvalue weighted by Crippen LogP contribution is -2.05. The summed E-state index contributed by atoms with van der Waals surface area (Å²) < 4.78 is 0. The second kappa shape index (κ2) is 6.25. The monoisotopic (exact) mass is 289 g/mol. The standard InChI is InChI=1S/C13H15N5OS/c1-8(19)16-9-3-5-10(6-4-9)20-12-7-11(15-2)17-13(14)18-12/h3-7H,1-2H3,(H,16,19)(H3,14,15,17,18). The summed E-state index contributed by atoms with van der Waals surface area (Å²) >= 11 is 1.48. The number of aromatic nitrogens is 2. The number of nitrogen functional groups attached to an aromatic ring is 1. The molecule has 2 aromatic rings. The molecule has 0 saturated heterocycles. The number of hydrogen-bond donors (Lipinski definition) is 3. The Balaban J connectivity index is 2.13. The number of nitrogens with zero attached hydrogens (tertiary/aromatic N) is 2. The molecule has 0 aliphatic heterocycles. The fourth-order valence-electron chi connectivity index (χ4n) is 1.55. The molecular weight excluding hydrogens is 274 g/mol. The van der Waals surface area contributed by atoms with Crippen LogP contribution in [0.15, 0.2) is 40.3 Å². The third-order valence-corrected chi connectivity index (χ3v) is 3.30. The average Bonchev–Trinajstić information content (AvgIpc) is 2.39. The van der Waals surface area contributed by atoms with Gasteiger partial charge in [-0.15, -0.1) is 0 Å². The van der Waals surface area contributed by atoms with Crippen molar-refractivity contribution in [2.75, 3.05) is 23.4 Å². The highest BCUT2D eigenvalue weighted by atomic mass is 32.2. The van der Waals surface area contributed by atoms with Gasteiger partial charge in [-0.25, -0.2) is 4.98 Å². The fourth-order valence-corrected chi connectivity index (χ4v) is 2.38. The molecule has 0 unspecified atom stereocenters. The Morgan fingerprint density at radius 1 is 1.25 bits per heavy atom. The highest BCUT2D eigenvalue weighted by Crippen LogP contribution is 2.28. The van der Waals surface area contributed by atoms with Gasteiger partial charge in [0.1, 0.15) is 10.8 Å². The molecule has 1 heterocycles. The number of carbonyl (C=O) groups is 1. The molecule has 0 aliphatic rings. The third kappa shape index (κ3) is 3.86. The second-order valence-electron chi connectivity index (χ2n) is 4.01. The van der Waals surface area contributed by atoms with Crippen LogP contribution in [0.5, 0.6) is 0 Å². The van der Waals surface area contributed by atoms with E-state index in [1.54, 1.807) is 7.05 Å². The molecule has 0 bridgehead atoms. The van der Waals surface area contributed by atoms with E-state index in [0.29, 0.717) is 5.82 Å². The van der Waals surface area contributed by atoms with Crippen molar-refractivity contribution in [1.29, 1.82) is 0 Å². The van der Waals surface area contributed by atoms with Gasteiger partial charge >= 0.3 is 0 Å². The summed E-state index contributed by atoms with van der Waals surface area (Å²) in [5.74, 6) is 0.816. The topological polar surface area (TPSA) is 92.9 Å². The maximum Gasteiger partial charge on any atom is 0.223 e. The molecule has 1 amide bonds. The number of nitrogens with one attached hydrogen (secondary N) is 2. The highest BCUT2D eigenvalue weighted by molar-refractivity contribution is 7.99.